The molecule has 2 aromatic carbocycles. The van der Waals surface area contributed by atoms with Gasteiger partial charge in [0.15, 0.2) is 0 Å². The van der Waals surface area contributed by atoms with Crippen LogP contribution in [-0.4, -0.2) is 23.5 Å². The molecular weight excluding hydrogens is 320 g/mol. The molecule has 0 radical (unpaired) electrons. The van der Waals surface area contributed by atoms with Crippen molar-refractivity contribution in [2.75, 3.05) is 5.75 Å². The lowest BCUT2D eigenvalue weighted by Gasteiger charge is -2.26. The molecule has 122 valence electrons. The van der Waals surface area contributed by atoms with Gasteiger partial charge in [0, 0.05) is 17.1 Å². The van der Waals surface area contributed by atoms with E-state index in [0.29, 0.717) is 6.42 Å². The highest BCUT2D eigenvalue weighted by Crippen LogP contribution is 2.36. The maximum absolute atomic E-state index is 12.6. The molecule has 2 atom stereocenters. The monoisotopic (exact) mass is 338 g/mol. The summed E-state index contributed by atoms with van der Waals surface area (Å²) in [6.45, 7) is 0. The van der Waals surface area contributed by atoms with Gasteiger partial charge in [-0.25, -0.2) is 0 Å². The number of nitrogens with one attached hydrogen (secondary N) is 1. The Morgan fingerprint density at radius 1 is 1.12 bits per heavy atom. The maximum Gasteiger partial charge on any atom is 0.264 e. The zero-order valence-electron chi connectivity index (χ0n) is 13.1. The van der Waals surface area contributed by atoms with Crippen LogP contribution in [0.3, 0.4) is 0 Å². The Balaban J connectivity index is 1.42. The molecule has 24 heavy (non-hydrogen) atoms. The van der Waals surface area contributed by atoms with E-state index in [2.05, 4.69) is 22.6 Å². The van der Waals surface area contributed by atoms with E-state index in [0.717, 1.165) is 23.4 Å². The second-order valence-corrected chi connectivity index (χ2v) is 7.08. The third-order valence-corrected chi connectivity index (χ3v) is 5.47. The minimum atomic E-state index is -0.540. The van der Waals surface area contributed by atoms with Gasteiger partial charge < -0.3 is 10.2 Å². The van der Waals surface area contributed by atoms with Gasteiger partial charge in [-0.15, -0.1) is 11.8 Å². The van der Waals surface area contributed by atoms with E-state index in [4.69, 9.17) is 4.84 Å². The Kier molecular flexibility index (Phi) is 4.26. The molecule has 4 rings (SSSR count). The summed E-state index contributed by atoms with van der Waals surface area (Å²) >= 11 is 1.84. The van der Waals surface area contributed by atoms with Gasteiger partial charge >= 0.3 is 0 Å². The number of thioether (sulfide) groups is 1. The smallest absolute Gasteiger partial charge is 0.264 e. The van der Waals surface area contributed by atoms with Crippen LogP contribution in [0.2, 0.25) is 0 Å². The summed E-state index contributed by atoms with van der Waals surface area (Å²) in [6, 6.07) is 18.2. The molecule has 2 heterocycles. The molecule has 0 saturated heterocycles. The molecular formula is C19H18N2O2S. The summed E-state index contributed by atoms with van der Waals surface area (Å²) in [5.74, 6) is 0.926. The Labute approximate surface area is 145 Å². The van der Waals surface area contributed by atoms with Gasteiger partial charge in [0.2, 0.25) is 6.10 Å². The lowest BCUT2D eigenvalue weighted by atomic mass is 10.0. The van der Waals surface area contributed by atoms with Gasteiger partial charge in [-0.2, -0.15) is 0 Å². The fraction of sp³-hybridized carbons (Fsp3) is 0.263. The van der Waals surface area contributed by atoms with Crippen molar-refractivity contribution in [3.63, 3.8) is 0 Å². The van der Waals surface area contributed by atoms with Gasteiger partial charge in [0.25, 0.3) is 5.91 Å². The number of rotatable bonds is 3. The molecule has 2 aliphatic heterocycles. The Morgan fingerprint density at radius 2 is 1.92 bits per heavy atom. The number of hydrogen-bond donors (Lipinski definition) is 1. The molecule has 2 aliphatic rings. The molecule has 2 unspecified atom stereocenters. The zero-order chi connectivity index (χ0) is 16.4. The van der Waals surface area contributed by atoms with Crippen LogP contribution in [0.1, 0.15) is 30.0 Å². The third-order valence-electron chi connectivity index (χ3n) is 4.34. The van der Waals surface area contributed by atoms with E-state index in [-0.39, 0.29) is 11.9 Å². The molecule has 1 amide bonds. The van der Waals surface area contributed by atoms with Crippen molar-refractivity contribution in [2.24, 2.45) is 5.16 Å². The van der Waals surface area contributed by atoms with Gasteiger partial charge in [0.05, 0.1) is 11.8 Å². The third kappa shape index (κ3) is 3.04. The molecule has 1 N–H and O–H groups in total. The summed E-state index contributed by atoms with van der Waals surface area (Å²) in [5, 5.41) is 7.24. The van der Waals surface area contributed by atoms with Gasteiger partial charge in [-0.1, -0.05) is 53.7 Å². The van der Waals surface area contributed by atoms with Crippen molar-refractivity contribution < 1.29 is 9.63 Å². The largest absolute Gasteiger partial charge is 0.382 e. The minimum Gasteiger partial charge on any atom is -0.382 e. The average molecular weight is 338 g/mol. The Morgan fingerprint density at radius 3 is 2.79 bits per heavy atom. The van der Waals surface area contributed by atoms with Crippen LogP contribution in [-0.2, 0) is 9.63 Å². The summed E-state index contributed by atoms with van der Waals surface area (Å²) in [5.41, 5.74) is 3.03. The summed E-state index contributed by atoms with van der Waals surface area (Å²) in [7, 11) is 0. The predicted molar refractivity (Wildman–Crippen MR) is 95.1 cm³/mol. The van der Waals surface area contributed by atoms with Crippen molar-refractivity contribution in [1.29, 1.82) is 0 Å². The first-order valence-corrected chi connectivity index (χ1v) is 9.10. The van der Waals surface area contributed by atoms with Crippen molar-refractivity contribution in [1.82, 2.24) is 5.32 Å². The average Bonchev–Trinajstić information content (AvgIpc) is 3.13. The van der Waals surface area contributed by atoms with Crippen LogP contribution in [0.4, 0.5) is 0 Å². The van der Waals surface area contributed by atoms with Crippen LogP contribution in [0.25, 0.3) is 0 Å². The number of carbonyl (C=O) groups is 1. The SMILES string of the molecule is O=C(NC1CCSc2ccccc21)C1CC(c2ccccc2)=NO1. The van der Waals surface area contributed by atoms with E-state index < -0.39 is 6.10 Å². The molecule has 5 heteroatoms. The van der Waals surface area contributed by atoms with Crippen molar-refractivity contribution in [3.05, 3.63) is 65.7 Å². The van der Waals surface area contributed by atoms with E-state index in [1.807, 2.05) is 54.2 Å². The number of nitrogens with zero attached hydrogens (tertiary/aromatic N) is 1. The molecule has 0 fully saturated rings. The molecule has 0 aromatic heterocycles. The molecule has 4 nitrogen and oxygen atoms in total. The van der Waals surface area contributed by atoms with Gasteiger partial charge in [0.1, 0.15) is 0 Å². The first-order chi connectivity index (χ1) is 11.8. The fourth-order valence-electron chi connectivity index (χ4n) is 3.08. The molecule has 0 saturated carbocycles. The quantitative estimate of drug-likeness (QED) is 0.931. The van der Waals surface area contributed by atoms with Gasteiger partial charge in [-0.05, 0) is 23.6 Å². The van der Waals surface area contributed by atoms with Crippen LogP contribution in [0.5, 0.6) is 0 Å². The number of fused-ring (bicyclic) bond motifs is 1. The standard InChI is InChI=1S/C19H18N2O2S/c22-19(17-12-16(21-23-17)13-6-2-1-3-7-13)20-15-10-11-24-18-9-5-4-8-14(15)18/h1-9,15,17H,10-12H2,(H,20,22). The van der Waals surface area contributed by atoms with Crippen molar-refractivity contribution >= 4 is 23.4 Å². The number of carbonyl (C=O) groups excluding carboxylic acids is 1. The maximum atomic E-state index is 12.6. The topological polar surface area (TPSA) is 50.7 Å². The number of benzene rings is 2. The van der Waals surface area contributed by atoms with E-state index in [1.54, 1.807) is 0 Å². The summed E-state index contributed by atoms with van der Waals surface area (Å²) in [6.07, 6.45) is 0.910. The van der Waals surface area contributed by atoms with E-state index >= 15 is 0 Å². The van der Waals surface area contributed by atoms with Crippen LogP contribution in [0.15, 0.2) is 64.6 Å². The van der Waals surface area contributed by atoms with Crippen LogP contribution < -0.4 is 5.32 Å². The number of amides is 1. The lowest BCUT2D eigenvalue weighted by Crippen LogP contribution is -2.38. The summed E-state index contributed by atoms with van der Waals surface area (Å²) < 4.78 is 0. The zero-order valence-corrected chi connectivity index (χ0v) is 14.0. The molecule has 0 bridgehead atoms. The second-order valence-electron chi connectivity index (χ2n) is 5.94. The van der Waals surface area contributed by atoms with E-state index in [1.165, 1.54) is 10.5 Å². The molecule has 0 spiro atoms. The van der Waals surface area contributed by atoms with Crippen molar-refractivity contribution in [3.8, 4) is 0 Å². The predicted octanol–water partition coefficient (Wildman–Crippen LogP) is 3.53. The highest BCUT2D eigenvalue weighted by molar-refractivity contribution is 7.99. The minimum absolute atomic E-state index is 0.0549. The van der Waals surface area contributed by atoms with Crippen LogP contribution in [0, 0.1) is 0 Å². The van der Waals surface area contributed by atoms with E-state index in [9.17, 15) is 4.79 Å². The molecule has 2 aromatic rings. The second kappa shape index (κ2) is 6.69. The first-order valence-electron chi connectivity index (χ1n) is 8.11. The molecule has 0 aliphatic carbocycles. The summed E-state index contributed by atoms with van der Waals surface area (Å²) in [4.78, 5) is 19.2. The highest BCUT2D eigenvalue weighted by Gasteiger charge is 2.31. The Hall–Kier alpha value is -2.27. The highest BCUT2D eigenvalue weighted by atomic mass is 32.2. The number of hydrogen-bond acceptors (Lipinski definition) is 4. The lowest BCUT2D eigenvalue weighted by molar-refractivity contribution is -0.132. The van der Waals surface area contributed by atoms with Gasteiger partial charge in [-0.3, -0.25) is 4.79 Å². The Bertz CT molecular complexity index is 776. The van der Waals surface area contributed by atoms with Crippen LogP contribution >= 0.6 is 11.8 Å². The normalized spacial score (nSPS) is 22.2. The number of oxime groups is 1. The fourth-order valence-corrected chi connectivity index (χ4v) is 4.20. The first kappa shape index (κ1) is 15.3. The van der Waals surface area contributed by atoms with Crippen molar-refractivity contribution in [2.45, 2.75) is 29.9 Å².